The topological polar surface area (TPSA) is 84.8 Å². The number of alkyl halides is 3. The predicted molar refractivity (Wildman–Crippen MR) is 137 cm³/mol. The molecule has 0 saturated heterocycles. The van der Waals surface area contributed by atoms with Crippen molar-refractivity contribution in [2.24, 2.45) is 5.10 Å². The first-order valence-electron chi connectivity index (χ1n) is 10.6. The van der Waals surface area contributed by atoms with Crippen LogP contribution in [0.2, 0.25) is 0 Å². The third kappa shape index (κ3) is 7.82. The van der Waals surface area contributed by atoms with E-state index in [0.717, 1.165) is 12.1 Å². The van der Waals surface area contributed by atoms with Crippen molar-refractivity contribution in [3.05, 3.63) is 75.7 Å². The number of nitrogens with one attached hydrogen (secondary N) is 2. The molecular formula is C24H22BrF3N4O3S. The number of hydrogen-bond acceptors (Lipinski definition) is 7. The van der Waals surface area contributed by atoms with Crippen molar-refractivity contribution in [3.63, 3.8) is 0 Å². The average Bonchev–Trinajstić information content (AvgIpc) is 3.26. The molecule has 0 bridgehead atoms. The fourth-order valence-electron chi connectivity index (χ4n) is 2.90. The summed E-state index contributed by atoms with van der Waals surface area (Å²) in [6.07, 6.45) is -1.41. The van der Waals surface area contributed by atoms with Crippen molar-refractivity contribution < 1.29 is 27.4 Å². The van der Waals surface area contributed by atoms with E-state index in [1.54, 1.807) is 23.6 Å². The molecule has 0 radical (unpaired) electrons. The van der Waals surface area contributed by atoms with Crippen LogP contribution >= 0.6 is 27.3 Å². The van der Waals surface area contributed by atoms with Gasteiger partial charge in [-0.05, 0) is 53.2 Å². The number of nitrogens with zero attached hydrogens (tertiary/aromatic N) is 2. The Balaban J connectivity index is 1.59. The van der Waals surface area contributed by atoms with E-state index < -0.39 is 17.6 Å². The maximum absolute atomic E-state index is 12.9. The smallest absolute Gasteiger partial charge is 0.416 e. The predicted octanol–water partition coefficient (Wildman–Crippen LogP) is 6.32. The number of hydrazone groups is 1. The van der Waals surface area contributed by atoms with Crippen molar-refractivity contribution in [2.75, 3.05) is 18.5 Å². The number of amides is 1. The van der Waals surface area contributed by atoms with Gasteiger partial charge in [0.2, 0.25) is 5.91 Å². The summed E-state index contributed by atoms with van der Waals surface area (Å²) >= 11 is 4.62. The number of hydrogen-bond donors (Lipinski definition) is 2. The minimum Gasteiger partial charge on any atom is -0.490 e. The van der Waals surface area contributed by atoms with Gasteiger partial charge in [-0.15, -0.1) is 11.3 Å². The molecule has 3 rings (SSSR count). The number of carbonyl (C=O) groups excluding carboxylic acids is 1. The van der Waals surface area contributed by atoms with E-state index in [-0.39, 0.29) is 12.1 Å². The third-order valence-electron chi connectivity index (χ3n) is 4.45. The van der Waals surface area contributed by atoms with Crippen LogP contribution in [-0.4, -0.2) is 30.3 Å². The first-order chi connectivity index (χ1) is 17.2. The fraction of sp³-hybridized carbons (Fsp3) is 0.208. The zero-order chi connectivity index (χ0) is 26.1. The van der Waals surface area contributed by atoms with Gasteiger partial charge in [0.05, 0.1) is 30.5 Å². The maximum atomic E-state index is 12.9. The van der Waals surface area contributed by atoms with Crippen LogP contribution < -0.4 is 20.2 Å². The van der Waals surface area contributed by atoms with E-state index in [4.69, 9.17) is 9.47 Å². The molecule has 0 saturated carbocycles. The Morgan fingerprint density at radius 1 is 1.25 bits per heavy atom. The number of carbonyl (C=O) groups is 1. The van der Waals surface area contributed by atoms with Gasteiger partial charge in [0.25, 0.3) is 0 Å². The molecular weight excluding hydrogens is 561 g/mol. The standard InChI is InChI=1S/C24H22BrF3N4O3S/c1-3-8-35-21-12-19(25)15(9-20(21)34-4-2)13-29-32-22(33)11-18-14-36-23(31-18)30-17-7-5-6-16(10-17)24(26,27)28/h3,5-7,9-10,12-14H,1,4,8,11H2,2H3,(H,30,31)(H,32,33)/b29-13-. The maximum Gasteiger partial charge on any atom is 0.416 e. The van der Waals surface area contributed by atoms with Gasteiger partial charge in [-0.1, -0.05) is 18.7 Å². The molecule has 0 aliphatic rings. The number of benzene rings is 2. The quantitative estimate of drug-likeness (QED) is 0.157. The highest BCUT2D eigenvalue weighted by Gasteiger charge is 2.30. The minimum atomic E-state index is -4.44. The van der Waals surface area contributed by atoms with E-state index in [1.807, 2.05) is 6.92 Å². The molecule has 1 heterocycles. The monoisotopic (exact) mass is 582 g/mol. The summed E-state index contributed by atoms with van der Waals surface area (Å²) in [5, 5.41) is 8.82. The van der Waals surface area contributed by atoms with Gasteiger partial charge in [0, 0.05) is 21.1 Å². The van der Waals surface area contributed by atoms with Crippen LogP contribution in [0.15, 0.2) is 64.0 Å². The van der Waals surface area contributed by atoms with Crippen molar-refractivity contribution in [1.29, 1.82) is 0 Å². The highest BCUT2D eigenvalue weighted by Crippen LogP contribution is 2.34. The number of ether oxygens (including phenoxy) is 2. The van der Waals surface area contributed by atoms with Gasteiger partial charge in [-0.25, -0.2) is 10.4 Å². The lowest BCUT2D eigenvalue weighted by molar-refractivity contribution is -0.137. The Labute approximate surface area is 218 Å². The Hall–Kier alpha value is -3.38. The molecule has 2 N–H and O–H groups in total. The van der Waals surface area contributed by atoms with Crippen molar-refractivity contribution in [3.8, 4) is 11.5 Å². The Bertz CT molecular complexity index is 1250. The molecule has 0 atom stereocenters. The summed E-state index contributed by atoms with van der Waals surface area (Å²) in [5.74, 6) is 0.663. The highest BCUT2D eigenvalue weighted by atomic mass is 79.9. The first kappa shape index (κ1) is 27.2. The molecule has 1 amide bonds. The second kappa shape index (κ2) is 12.5. The molecule has 0 spiro atoms. The number of anilines is 2. The van der Waals surface area contributed by atoms with Crippen molar-refractivity contribution in [2.45, 2.75) is 19.5 Å². The Morgan fingerprint density at radius 2 is 2.03 bits per heavy atom. The van der Waals surface area contributed by atoms with Crippen LogP contribution in [0.25, 0.3) is 0 Å². The van der Waals surface area contributed by atoms with E-state index in [2.05, 4.69) is 43.3 Å². The second-order valence-corrected chi connectivity index (χ2v) is 8.88. The van der Waals surface area contributed by atoms with E-state index in [1.165, 1.54) is 29.7 Å². The lowest BCUT2D eigenvalue weighted by Crippen LogP contribution is -2.20. The lowest BCUT2D eigenvalue weighted by Gasteiger charge is -2.12. The van der Waals surface area contributed by atoms with Crippen LogP contribution in [0, 0.1) is 0 Å². The second-order valence-electron chi connectivity index (χ2n) is 7.17. The van der Waals surface area contributed by atoms with E-state index >= 15 is 0 Å². The summed E-state index contributed by atoms with van der Waals surface area (Å²) in [7, 11) is 0. The first-order valence-corrected chi connectivity index (χ1v) is 12.3. The lowest BCUT2D eigenvalue weighted by atomic mass is 10.2. The van der Waals surface area contributed by atoms with Crippen LogP contribution in [-0.2, 0) is 17.4 Å². The molecule has 7 nitrogen and oxygen atoms in total. The van der Waals surface area contributed by atoms with Gasteiger partial charge in [-0.3, -0.25) is 4.79 Å². The summed E-state index contributed by atoms with van der Waals surface area (Å²) in [6, 6.07) is 8.27. The molecule has 0 unspecified atom stereocenters. The summed E-state index contributed by atoms with van der Waals surface area (Å²) in [6.45, 7) is 6.24. The minimum absolute atomic E-state index is 0.0577. The zero-order valence-corrected chi connectivity index (χ0v) is 21.5. The summed E-state index contributed by atoms with van der Waals surface area (Å²) in [5.41, 5.74) is 3.03. The van der Waals surface area contributed by atoms with Crippen LogP contribution in [0.1, 0.15) is 23.7 Å². The van der Waals surface area contributed by atoms with E-state index in [9.17, 15) is 18.0 Å². The largest absolute Gasteiger partial charge is 0.490 e. The highest BCUT2D eigenvalue weighted by molar-refractivity contribution is 9.10. The van der Waals surface area contributed by atoms with Crippen molar-refractivity contribution >= 4 is 50.2 Å². The van der Waals surface area contributed by atoms with Gasteiger partial charge >= 0.3 is 6.18 Å². The third-order valence-corrected chi connectivity index (χ3v) is 5.94. The zero-order valence-electron chi connectivity index (χ0n) is 19.1. The Kier molecular flexibility index (Phi) is 9.48. The number of rotatable bonds is 11. The molecule has 190 valence electrons. The summed E-state index contributed by atoms with van der Waals surface area (Å²) in [4.78, 5) is 16.5. The van der Waals surface area contributed by atoms with Gasteiger partial charge in [0.1, 0.15) is 6.61 Å². The van der Waals surface area contributed by atoms with Crippen LogP contribution in [0.3, 0.4) is 0 Å². The average molecular weight is 583 g/mol. The SMILES string of the molecule is C=CCOc1cc(Br)c(/C=N\NC(=O)Cc2csc(Nc3cccc(C(F)(F)F)c3)n2)cc1OCC. The molecule has 2 aromatic carbocycles. The molecule has 12 heteroatoms. The van der Waals surface area contributed by atoms with Crippen molar-refractivity contribution in [1.82, 2.24) is 10.4 Å². The molecule has 1 aromatic heterocycles. The molecule has 0 fully saturated rings. The molecule has 36 heavy (non-hydrogen) atoms. The van der Waals surface area contributed by atoms with Crippen LogP contribution in [0.4, 0.5) is 24.0 Å². The molecule has 0 aliphatic carbocycles. The van der Waals surface area contributed by atoms with E-state index in [0.29, 0.717) is 45.6 Å². The Morgan fingerprint density at radius 3 is 2.75 bits per heavy atom. The van der Waals surface area contributed by atoms with Gasteiger partial charge in [-0.2, -0.15) is 18.3 Å². The molecule has 3 aromatic rings. The number of aromatic nitrogens is 1. The number of thiazole rings is 1. The fourth-order valence-corrected chi connectivity index (χ4v) is 4.05. The molecule has 0 aliphatic heterocycles. The van der Waals surface area contributed by atoms with Crippen LogP contribution in [0.5, 0.6) is 11.5 Å². The van der Waals surface area contributed by atoms with Gasteiger partial charge in [0.15, 0.2) is 16.6 Å². The summed E-state index contributed by atoms with van der Waals surface area (Å²) < 4.78 is 50.6. The normalized spacial score (nSPS) is 11.4. The number of halogens is 4. The van der Waals surface area contributed by atoms with Gasteiger partial charge < -0.3 is 14.8 Å².